The summed E-state index contributed by atoms with van der Waals surface area (Å²) in [5, 5.41) is 0.588. The molecule has 142 valence electrons. The van der Waals surface area contributed by atoms with E-state index in [-0.39, 0.29) is 5.78 Å². The molecular weight excluding hydrogens is 382 g/mol. The molecule has 0 unspecified atom stereocenters. The Labute approximate surface area is 174 Å². The molecule has 0 amide bonds. The first kappa shape index (κ1) is 18.0. The number of rotatable bonds is 4. The summed E-state index contributed by atoms with van der Waals surface area (Å²) in [6.07, 6.45) is 2.63. The highest BCUT2D eigenvalue weighted by Gasteiger charge is 2.26. The van der Waals surface area contributed by atoms with Gasteiger partial charge >= 0.3 is 0 Å². The number of carbonyl (C=O) groups excluding carboxylic acids is 1. The minimum Gasteiger partial charge on any atom is -0.292 e. The molecule has 29 heavy (non-hydrogen) atoms. The van der Waals surface area contributed by atoms with E-state index < -0.39 is 0 Å². The van der Waals surface area contributed by atoms with Crippen LogP contribution in [0.15, 0.2) is 64.7 Å². The van der Waals surface area contributed by atoms with E-state index in [2.05, 4.69) is 16.0 Å². The molecule has 2 aromatic carbocycles. The Morgan fingerprint density at radius 3 is 2.72 bits per heavy atom. The summed E-state index contributed by atoms with van der Waals surface area (Å²) in [7, 11) is 0. The topological polar surface area (TPSA) is 54.7 Å². The van der Waals surface area contributed by atoms with Crippen LogP contribution in [-0.2, 0) is 24.2 Å². The SMILES string of the molecule is Cc1cc(C2=NCc3cc4c(cc32)N=C(C(=O)Cc2ccccc2)C4)c(Cl)cn1. The van der Waals surface area contributed by atoms with E-state index in [0.29, 0.717) is 30.1 Å². The molecule has 5 rings (SSSR count). The van der Waals surface area contributed by atoms with Gasteiger partial charge in [0.25, 0.3) is 0 Å². The van der Waals surface area contributed by atoms with Crippen molar-refractivity contribution in [3.8, 4) is 0 Å². The van der Waals surface area contributed by atoms with Gasteiger partial charge in [-0.2, -0.15) is 0 Å². The Balaban J connectivity index is 1.45. The fourth-order valence-corrected chi connectivity index (χ4v) is 4.09. The summed E-state index contributed by atoms with van der Waals surface area (Å²) >= 11 is 6.39. The molecule has 2 aliphatic rings. The summed E-state index contributed by atoms with van der Waals surface area (Å²) in [4.78, 5) is 26.3. The van der Waals surface area contributed by atoms with E-state index in [4.69, 9.17) is 16.6 Å². The number of aromatic nitrogens is 1. The third-order valence-corrected chi connectivity index (χ3v) is 5.66. The van der Waals surface area contributed by atoms with Crippen molar-refractivity contribution in [2.45, 2.75) is 26.3 Å². The van der Waals surface area contributed by atoms with Gasteiger partial charge in [-0.05, 0) is 35.7 Å². The number of hydrogen-bond acceptors (Lipinski definition) is 4. The number of pyridine rings is 1. The van der Waals surface area contributed by atoms with Crippen LogP contribution in [-0.4, -0.2) is 22.2 Å². The van der Waals surface area contributed by atoms with Gasteiger partial charge in [0.05, 0.1) is 28.7 Å². The summed E-state index contributed by atoms with van der Waals surface area (Å²) in [6.45, 7) is 2.55. The highest BCUT2D eigenvalue weighted by Crippen LogP contribution is 2.35. The zero-order valence-corrected chi connectivity index (χ0v) is 16.7. The second kappa shape index (κ2) is 7.05. The van der Waals surface area contributed by atoms with Crippen LogP contribution in [0.4, 0.5) is 5.69 Å². The molecule has 4 nitrogen and oxygen atoms in total. The average Bonchev–Trinajstić information content (AvgIpc) is 3.32. The lowest BCUT2D eigenvalue weighted by Gasteiger charge is -2.08. The second-order valence-electron chi connectivity index (χ2n) is 7.43. The van der Waals surface area contributed by atoms with E-state index in [1.165, 1.54) is 0 Å². The number of aryl methyl sites for hydroxylation is 1. The minimum absolute atomic E-state index is 0.0780. The molecule has 0 saturated carbocycles. The maximum absolute atomic E-state index is 12.7. The molecule has 0 bridgehead atoms. The van der Waals surface area contributed by atoms with Crippen molar-refractivity contribution in [3.63, 3.8) is 0 Å². The first-order valence-electron chi connectivity index (χ1n) is 9.56. The number of nitrogens with zero attached hydrogens (tertiary/aromatic N) is 3. The Morgan fingerprint density at radius 2 is 1.90 bits per heavy atom. The number of ketones is 1. The third-order valence-electron chi connectivity index (χ3n) is 5.36. The smallest absolute Gasteiger partial charge is 0.181 e. The number of hydrogen-bond donors (Lipinski definition) is 0. The zero-order valence-electron chi connectivity index (χ0n) is 15.9. The highest BCUT2D eigenvalue weighted by atomic mass is 35.5. The van der Waals surface area contributed by atoms with Crippen molar-refractivity contribution in [1.29, 1.82) is 0 Å². The predicted octanol–water partition coefficient (Wildman–Crippen LogP) is 4.83. The first-order valence-corrected chi connectivity index (χ1v) is 9.94. The lowest BCUT2D eigenvalue weighted by Crippen LogP contribution is -2.16. The van der Waals surface area contributed by atoms with Gasteiger partial charge in [0.1, 0.15) is 0 Å². The van der Waals surface area contributed by atoms with Crippen LogP contribution < -0.4 is 0 Å². The maximum Gasteiger partial charge on any atom is 0.181 e. The second-order valence-corrected chi connectivity index (χ2v) is 7.84. The standard InChI is InChI=1S/C24H18ClN3O/c1-14-7-19(20(25)13-26-14)24-18-11-21-16(9-17(18)12-27-24)10-22(28-21)23(29)8-15-5-3-2-4-6-15/h2-7,9,11,13H,8,10,12H2,1H3. The van der Waals surface area contributed by atoms with E-state index in [1.54, 1.807) is 6.20 Å². The summed E-state index contributed by atoms with van der Waals surface area (Å²) in [5.41, 5.74) is 8.43. The van der Waals surface area contributed by atoms with Crippen molar-refractivity contribution in [2.75, 3.05) is 0 Å². The van der Waals surface area contributed by atoms with Gasteiger partial charge in [0.2, 0.25) is 0 Å². The fraction of sp³-hybridized carbons (Fsp3) is 0.167. The number of fused-ring (bicyclic) bond motifs is 2. The zero-order chi connectivity index (χ0) is 20.0. The largest absolute Gasteiger partial charge is 0.292 e. The van der Waals surface area contributed by atoms with Crippen LogP contribution in [0.5, 0.6) is 0 Å². The average molecular weight is 400 g/mol. The van der Waals surface area contributed by atoms with Crippen LogP contribution >= 0.6 is 11.6 Å². The van der Waals surface area contributed by atoms with Crippen molar-refractivity contribution < 1.29 is 4.79 Å². The molecule has 1 aromatic heterocycles. The lowest BCUT2D eigenvalue weighted by molar-refractivity contribution is -0.112. The number of carbonyl (C=O) groups is 1. The summed E-state index contributed by atoms with van der Waals surface area (Å²) < 4.78 is 0. The van der Waals surface area contributed by atoms with Gasteiger partial charge in [0, 0.05) is 35.9 Å². The van der Waals surface area contributed by atoms with Gasteiger partial charge in [-0.25, -0.2) is 4.99 Å². The molecular formula is C24H18ClN3O. The molecule has 3 heterocycles. The molecule has 0 saturated heterocycles. The number of benzene rings is 2. The number of aliphatic imine (C=N–C) groups is 2. The molecule has 0 spiro atoms. The highest BCUT2D eigenvalue weighted by molar-refractivity contribution is 6.42. The number of Topliss-reactive ketones (excluding diaryl/α,β-unsaturated/α-hetero) is 1. The third kappa shape index (κ3) is 3.30. The van der Waals surface area contributed by atoms with Crippen LogP contribution in [0.3, 0.4) is 0 Å². The van der Waals surface area contributed by atoms with E-state index in [9.17, 15) is 4.79 Å². The summed E-state index contributed by atoms with van der Waals surface area (Å²) in [5.74, 6) is 0.0780. The van der Waals surface area contributed by atoms with Gasteiger partial charge < -0.3 is 0 Å². The molecule has 2 aliphatic heterocycles. The predicted molar refractivity (Wildman–Crippen MR) is 116 cm³/mol. The molecule has 5 heteroatoms. The monoisotopic (exact) mass is 399 g/mol. The maximum atomic E-state index is 12.7. The van der Waals surface area contributed by atoms with E-state index >= 15 is 0 Å². The Kier molecular flexibility index (Phi) is 4.36. The number of halogens is 1. The fourth-order valence-electron chi connectivity index (χ4n) is 3.89. The molecule has 0 aliphatic carbocycles. The molecule has 0 N–H and O–H groups in total. The Bertz CT molecular complexity index is 1210. The molecule has 3 aromatic rings. The molecule has 0 atom stereocenters. The quantitative estimate of drug-likeness (QED) is 0.630. The van der Waals surface area contributed by atoms with Crippen molar-refractivity contribution >= 4 is 34.5 Å². The van der Waals surface area contributed by atoms with Gasteiger partial charge in [-0.1, -0.05) is 48.0 Å². The normalized spacial score (nSPS) is 14.3. The Morgan fingerprint density at radius 1 is 1.07 bits per heavy atom. The van der Waals surface area contributed by atoms with Crippen molar-refractivity contribution in [2.24, 2.45) is 9.98 Å². The lowest BCUT2D eigenvalue weighted by atomic mass is 9.96. The van der Waals surface area contributed by atoms with Crippen molar-refractivity contribution in [1.82, 2.24) is 4.98 Å². The minimum atomic E-state index is 0.0780. The van der Waals surface area contributed by atoms with E-state index in [1.807, 2.05) is 49.4 Å². The van der Waals surface area contributed by atoms with Gasteiger partial charge in [-0.3, -0.25) is 14.8 Å². The first-order chi connectivity index (χ1) is 14.1. The molecule has 0 fully saturated rings. The van der Waals surface area contributed by atoms with Crippen LogP contribution in [0, 0.1) is 6.92 Å². The van der Waals surface area contributed by atoms with E-state index in [0.717, 1.165) is 44.9 Å². The van der Waals surface area contributed by atoms with Gasteiger partial charge in [-0.15, -0.1) is 0 Å². The van der Waals surface area contributed by atoms with Crippen LogP contribution in [0.1, 0.15) is 33.5 Å². The molecule has 0 radical (unpaired) electrons. The van der Waals surface area contributed by atoms with Crippen LogP contribution in [0.25, 0.3) is 0 Å². The summed E-state index contributed by atoms with van der Waals surface area (Å²) in [6, 6.07) is 15.9. The van der Waals surface area contributed by atoms with Gasteiger partial charge in [0.15, 0.2) is 5.78 Å². The Hall–Kier alpha value is -3.11. The van der Waals surface area contributed by atoms with Crippen LogP contribution in [0.2, 0.25) is 5.02 Å². The van der Waals surface area contributed by atoms with Crippen molar-refractivity contribution in [3.05, 3.63) is 93.3 Å².